The van der Waals surface area contributed by atoms with Crippen LogP contribution in [-0.2, 0) is 5.60 Å². The Bertz CT molecular complexity index is 617. The molecule has 0 amide bonds. The van der Waals surface area contributed by atoms with Crippen LogP contribution in [-0.4, -0.2) is 11.3 Å². The van der Waals surface area contributed by atoms with Crippen molar-refractivity contribution in [2.75, 3.05) is 0 Å². The van der Waals surface area contributed by atoms with Gasteiger partial charge in [0.1, 0.15) is 5.82 Å². The van der Waals surface area contributed by atoms with Crippen LogP contribution in [0.15, 0.2) is 60.7 Å². The van der Waals surface area contributed by atoms with Gasteiger partial charge < -0.3 is 5.11 Å². The monoisotopic (exact) mass is 296 g/mol. The van der Waals surface area contributed by atoms with Crippen LogP contribution in [0.1, 0.15) is 11.1 Å². The van der Waals surface area contributed by atoms with E-state index in [1.165, 1.54) is 36.4 Å². The van der Waals surface area contributed by atoms with Crippen molar-refractivity contribution >= 4 is 6.08 Å². The second kappa shape index (κ2) is 5.69. The molecular weight excluding hydrogens is 284 g/mol. The third-order valence-electron chi connectivity index (χ3n) is 3.03. The highest BCUT2D eigenvalue weighted by Gasteiger charge is 2.53. The lowest BCUT2D eigenvalue weighted by molar-refractivity contribution is -0.244. The summed E-state index contributed by atoms with van der Waals surface area (Å²) in [6, 6.07) is 11.7. The Labute approximate surface area is 119 Å². The van der Waals surface area contributed by atoms with Crippen molar-refractivity contribution < 1.29 is 22.7 Å². The van der Waals surface area contributed by atoms with Crippen LogP contribution < -0.4 is 0 Å². The Morgan fingerprint density at radius 2 is 1.43 bits per heavy atom. The summed E-state index contributed by atoms with van der Waals surface area (Å²) in [5.74, 6) is -0.485. The maximum Gasteiger partial charge on any atom is 0.425 e. The Hall–Kier alpha value is -2.14. The SMILES string of the molecule is OC(C=Cc1ccc(F)cc1)(c1ccccc1)C(F)(F)F. The zero-order chi connectivity index (χ0) is 15.5. The van der Waals surface area contributed by atoms with Crippen LogP contribution in [0.2, 0.25) is 0 Å². The number of hydrogen-bond acceptors (Lipinski definition) is 1. The molecule has 21 heavy (non-hydrogen) atoms. The van der Waals surface area contributed by atoms with Gasteiger partial charge in [0.05, 0.1) is 0 Å². The van der Waals surface area contributed by atoms with Crippen molar-refractivity contribution in [2.45, 2.75) is 11.8 Å². The minimum absolute atomic E-state index is 0.282. The number of rotatable bonds is 3. The first-order valence-electron chi connectivity index (χ1n) is 6.12. The fraction of sp³-hybridized carbons (Fsp3) is 0.125. The lowest BCUT2D eigenvalue weighted by atomic mass is 9.92. The molecule has 1 nitrogen and oxygen atoms in total. The van der Waals surface area contributed by atoms with Gasteiger partial charge in [-0.2, -0.15) is 13.2 Å². The Morgan fingerprint density at radius 1 is 0.857 bits per heavy atom. The van der Waals surface area contributed by atoms with Crippen molar-refractivity contribution in [3.8, 4) is 0 Å². The van der Waals surface area contributed by atoms with E-state index in [0.29, 0.717) is 11.6 Å². The van der Waals surface area contributed by atoms with Crippen molar-refractivity contribution in [1.82, 2.24) is 0 Å². The van der Waals surface area contributed by atoms with E-state index < -0.39 is 17.6 Å². The van der Waals surface area contributed by atoms with Gasteiger partial charge in [-0.3, -0.25) is 0 Å². The van der Waals surface area contributed by atoms with E-state index in [-0.39, 0.29) is 5.56 Å². The van der Waals surface area contributed by atoms with Crippen molar-refractivity contribution in [2.24, 2.45) is 0 Å². The molecule has 0 fully saturated rings. The van der Waals surface area contributed by atoms with E-state index in [1.807, 2.05) is 0 Å². The normalized spacial score (nSPS) is 15.1. The van der Waals surface area contributed by atoms with Crippen LogP contribution in [0.3, 0.4) is 0 Å². The lowest BCUT2D eigenvalue weighted by Crippen LogP contribution is -2.40. The average Bonchev–Trinajstić information content (AvgIpc) is 2.46. The summed E-state index contributed by atoms with van der Waals surface area (Å²) in [7, 11) is 0. The highest BCUT2D eigenvalue weighted by Crippen LogP contribution is 2.40. The van der Waals surface area contributed by atoms with E-state index in [0.717, 1.165) is 18.2 Å². The molecule has 0 saturated carbocycles. The predicted octanol–water partition coefficient (Wildman–Crippen LogP) is 4.29. The quantitative estimate of drug-likeness (QED) is 0.838. The highest BCUT2D eigenvalue weighted by atomic mass is 19.4. The first-order chi connectivity index (χ1) is 9.83. The molecule has 0 radical (unpaired) electrons. The molecule has 0 spiro atoms. The number of alkyl halides is 3. The smallest absolute Gasteiger partial charge is 0.373 e. The topological polar surface area (TPSA) is 20.2 Å². The molecular formula is C16H12F4O. The van der Waals surface area contributed by atoms with E-state index in [1.54, 1.807) is 6.07 Å². The molecule has 0 aliphatic carbocycles. The fourth-order valence-corrected chi connectivity index (χ4v) is 1.84. The third-order valence-corrected chi connectivity index (χ3v) is 3.03. The summed E-state index contributed by atoms with van der Waals surface area (Å²) in [6.45, 7) is 0. The molecule has 0 aliphatic heterocycles. The number of aliphatic hydroxyl groups is 1. The molecule has 2 aromatic rings. The van der Waals surface area contributed by atoms with Crippen molar-refractivity contribution in [3.63, 3.8) is 0 Å². The van der Waals surface area contributed by atoms with Gasteiger partial charge in [0.25, 0.3) is 0 Å². The molecule has 1 unspecified atom stereocenters. The first kappa shape index (κ1) is 15.3. The summed E-state index contributed by atoms with van der Waals surface area (Å²) in [6.07, 6.45) is -3.10. The largest absolute Gasteiger partial charge is 0.425 e. The zero-order valence-corrected chi connectivity index (χ0v) is 10.8. The van der Waals surface area contributed by atoms with Crippen molar-refractivity contribution in [3.05, 3.63) is 77.6 Å². The summed E-state index contributed by atoms with van der Waals surface area (Å²) in [5, 5.41) is 10.0. The molecule has 0 bridgehead atoms. The first-order valence-corrected chi connectivity index (χ1v) is 6.12. The number of hydrogen-bond donors (Lipinski definition) is 1. The van der Waals surface area contributed by atoms with Gasteiger partial charge in [-0.25, -0.2) is 4.39 Å². The predicted molar refractivity (Wildman–Crippen MR) is 71.8 cm³/mol. The Morgan fingerprint density at radius 3 is 1.95 bits per heavy atom. The van der Waals surface area contributed by atoms with Gasteiger partial charge >= 0.3 is 6.18 Å². The van der Waals surface area contributed by atoms with Gasteiger partial charge in [0.15, 0.2) is 0 Å². The van der Waals surface area contributed by atoms with Gasteiger partial charge in [0, 0.05) is 0 Å². The second-order valence-electron chi connectivity index (χ2n) is 4.52. The van der Waals surface area contributed by atoms with Crippen LogP contribution in [0.5, 0.6) is 0 Å². The molecule has 0 saturated heterocycles. The maximum absolute atomic E-state index is 13.2. The minimum atomic E-state index is -4.87. The number of halogens is 4. The van der Waals surface area contributed by atoms with E-state index in [2.05, 4.69) is 0 Å². The molecule has 0 aromatic heterocycles. The molecule has 0 aliphatic rings. The van der Waals surface area contributed by atoms with E-state index in [4.69, 9.17) is 0 Å². The second-order valence-corrected chi connectivity index (χ2v) is 4.52. The molecule has 1 atom stereocenters. The minimum Gasteiger partial charge on any atom is -0.373 e. The Balaban J connectivity index is 2.40. The zero-order valence-electron chi connectivity index (χ0n) is 10.8. The molecule has 2 aromatic carbocycles. The highest BCUT2D eigenvalue weighted by molar-refractivity contribution is 5.52. The van der Waals surface area contributed by atoms with E-state index >= 15 is 0 Å². The van der Waals surface area contributed by atoms with Crippen LogP contribution in [0.4, 0.5) is 17.6 Å². The third kappa shape index (κ3) is 3.31. The summed E-state index contributed by atoms with van der Waals surface area (Å²) < 4.78 is 52.3. The maximum atomic E-state index is 13.2. The van der Waals surface area contributed by atoms with Crippen LogP contribution >= 0.6 is 0 Å². The average molecular weight is 296 g/mol. The van der Waals surface area contributed by atoms with Crippen molar-refractivity contribution in [1.29, 1.82) is 0 Å². The standard InChI is InChI=1S/C16H12F4O/c17-14-8-6-12(7-9-14)10-11-15(21,16(18,19)20)13-4-2-1-3-5-13/h1-11,21H. The van der Waals surface area contributed by atoms with Gasteiger partial charge in [-0.15, -0.1) is 0 Å². The molecule has 5 heteroatoms. The summed E-state index contributed by atoms with van der Waals surface area (Å²) in [4.78, 5) is 0. The van der Waals surface area contributed by atoms with Gasteiger partial charge in [-0.05, 0) is 29.3 Å². The molecule has 110 valence electrons. The van der Waals surface area contributed by atoms with Crippen LogP contribution in [0, 0.1) is 5.82 Å². The lowest BCUT2D eigenvalue weighted by Gasteiger charge is -2.27. The van der Waals surface area contributed by atoms with E-state index in [9.17, 15) is 22.7 Å². The molecule has 1 N–H and O–H groups in total. The fourth-order valence-electron chi connectivity index (χ4n) is 1.84. The summed E-state index contributed by atoms with van der Waals surface area (Å²) in [5.41, 5.74) is -3.02. The Kier molecular flexibility index (Phi) is 4.14. The molecule has 0 heterocycles. The van der Waals surface area contributed by atoms with Gasteiger partial charge in [-0.1, -0.05) is 48.5 Å². The summed E-state index contributed by atoms with van der Waals surface area (Å²) >= 11 is 0. The number of benzene rings is 2. The van der Waals surface area contributed by atoms with Crippen LogP contribution in [0.25, 0.3) is 6.08 Å². The van der Waals surface area contributed by atoms with Gasteiger partial charge in [0.2, 0.25) is 5.60 Å². The molecule has 2 rings (SSSR count).